The van der Waals surface area contributed by atoms with Crippen molar-refractivity contribution in [1.29, 1.82) is 0 Å². The molecule has 0 saturated carbocycles. The van der Waals surface area contributed by atoms with Crippen LogP contribution in [0.15, 0.2) is 12.2 Å². The van der Waals surface area contributed by atoms with Gasteiger partial charge >= 0.3 is 11.9 Å². The molecule has 0 aliphatic rings. The first-order chi connectivity index (χ1) is 6.97. The molecule has 0 spiro atoms. The number of esters is 2. The highest BCUT2D eigenvalue weighted by Gasteiger charge is 2.12. The summed E-state index contributed by atoms with van der Waals surface area (Å²) in [5.41, 5.74) is 4.86. The zero-order chi connectivity index (χ0) is 11.8. The van der Waals surface area contributed by atoms with Gasteiger partial charge in [0.2, 0.25) is 0 Å². The first kappa shape index (κ1) is 13.2. The molecule has 0 heterocycles. The lowest BCUT2D eigenvalue weighted by atomic mass is 10.4. The Morgan fingerprint density at radius 1 is 1.27 bits per heavy atom. The minimum atomic E-state index is -1.02. The largest absolute Gasteiger partial charge is 0.463 e. The van der Waals surface area contributed by atoms with Gasteiger partial charge in [0.1, 0.15) is 0 Å². The van der Waals surface area contributed by atoms with E-state index in [1.807, 2.05) is 0 Å². The third-order valence-electron chi connectivity index (χ3n) is 1.34. The van der Waals surface area contributed by atoms with E-state index in [-0.39, 0.29) is 6.61 Å². The highest BCUT2D eigenvalue weighted by molar-refractivity contribution is 5.92. The Kier molecular flexibility index (Phi) is 5.77. The van der Waals surface area contributed by atoms with Gasteiger partial charge in [0.05, 0.1) is 6.61 Å². The molecule has 1 amide bonds. The van der Waals surface area contributed by atoms with E-state index in [1.54, 1.807) is 6.92 Å². The minimum absolute atomic E-state index is 0.218. The molecule has 6 heteroatoms. The molecule has 0 aliphatic carbocycles. The van der Waals surface area contributed by atoms with Gasteiger partial charge in [-0.1, -0.05) is 0 Å². The van der Waals surface area contributed by atoms with Crippen LogP contribution < -0.4 is 5.73 Å². The number of nitrogens with two attached hydrogens (primary N) is 1. The molecule has 0 aromatic carbocycles. The summed E-state index contributed by atoms with van der Waals surface area (Å²) in [5.74, 6) is -2.23. The molecule has 1 atom stereocenters. The number of hydrogen-bond acceptors (Lipinski definition) is 5. The van der Waals surface area contributed by atoms with E-state index in [4.69, 9.17) is 5.73 Å². The fraction of sp³-hybridized carbons (Fsp3) is 0.444. The lowest BCUT2D eigenvalue weighted by Crippen LogP contribution is -2.29. The van der Waals surface area contributed by atoms with Crippen molar-refractivity contribution >= 4 is 17.8 Å². The lowest BCUT2D eigenvalue weighted by molar-refractivity contribution is -0.149. The van der Waals surface area contributed by atoms with E-state index < -0.39 is 23.9 Å². The molecule has 0 bridgehead atoms. The fourth-order valence-electron chi connectivity index (χ4n) is 0.598. The second kappa shape index (κ2) is 6.58. The maximum absolute atomic E-state index is 10.9. The van der Waals surface area contributed by atoms with Crippen molar-refractivity contribution in [1.82, 2.24) is 0 Å². The smallest absolute Gasteiger partial charge is 0.331 e. The summed E-state index contributed by atoms with van der Waals surface area (Å²) in [7, 11) is 0. The van der Waals surface area contributed by atoms with Crippen LogP contribution in [0, 0.1) is 0 Å². The van der Waals surface area contributed by atoms with E-state index in [2.05, 4.69) is 9.47 Å². The first-order valence-electron chi connectivity index (χ1n) is 4.32. The Morgan fingerprint density at radius 3 is 2.27 bits per heavy atom. The Balaban J connectivity index is 4.03. The number of primary amides is 1. The molecule has 6 nitrogen and oxygen atoms in total. The zero-order valence-electron chi connectivity index (χ0n) is 8.56. The Bertz CT molecular complexity index is 284. The predicted molar refractivity (Wildman–Crippen MR) is 50.5 cm³/mol. The molecule has 0 aromatic rings. The number of carbonyl (C=O) groups is 3. The normalized spacial score (nSPS) is 12.1. The number of hydrogen-bond donors (Lipinski definition) is 1. The Morgan fingerprint density at radius 2 is 1.80 bits per heavy atom. The van der Waals surface area contributed by atoms with Gasteiger partial charge in [-0.25, -0.2) is 9.59 Å². The summed E-state index contributed by atoms with van der Waals surface area (Å²) in [4.78, 5) is 32.2. The van der Waals surface area contributed by atoms with E-state index in [9.17, 15) is 14.4 Å². The zero-order valence-corrected chi connectivity index (χ0v) is 8.56. The van der Waals surface area contributed by atoms with Crippen LogP contribution in [-0.2, 0) is 23.9 Å². The summed E-state index contributed by atoms with van der Waals surface area (Å²) in [6, 6.07) is 0. The first-order valence-corrected chi connectivity index (χ1v) is 4.32. The highest BCUT2D eigenvalue weighted by atomic mass is 16.5. The summed E-state index contributed by atoms with van der Waals surface area (Å²) in [5, 5.41) is 0. The van der Waals surface area contributed by atoms with Gasteiger partial charge < -0.3 is 15.2 Å². The highest BCUT2D eigenvalue weighted by Crippen LogP contribution is 1.92. The Hall–Kier alpha value is -1.85. The van der Waals surface area contributed by atoms with Crippen LogP contribution in [0.4, 0.5) is 0 Å². The van der Waals surface area contributed by atoms with Crippen molar-refractivity contribution in [3.8, 4) is 0 Å². The quantitative estimate of drug-likeness (QED) is 0.493. The topological polar surface area (TPSA) is 95.7 Å². The molecule has 0 fully saturated rings. The number of amides is 1. The predicted octanol–water partition coefficient (Wildman–Crippen LogP) is -0.477. The van der Waals surface area contributed by atoms with Gasteiger partial charge in [0, 0.05) is 12.2 Å². The minimum Gasteiger partial charge on any atom is -0.463 e. The average Bonchev–Trinajstić information content (AvgIpc) is 2.15. The standard InChI is InChI=1S/C9H13NO5/c1-3-14-7(11)4-5-8(12)15-6(2)9(10)13/h4-6H,3H2,1-2H3,(H2,10,13)/b5-4+/t6-/m1/s1. The molecule has 0 aliphatic heterocycles. The van der Waals surface area contributed by atoms with Gasteiger partial charge in [-0.3, -0.25) is 4.79 Å². The number of ether oxygens (including phenoxy) is 2. The summed E-state index contributed by atoms with van der Waals surface area (Å²) in [6.45, 7) is 3.19. The van der Waals surface area contributed by atoms with Crippen molar-refractivity contribution in [2.45, 2.75) is 20.0 Å². The molecule has 15 heavy (non-hydrogen) atoms. The Labute approximate surface area is 87.0 Å². The third-order valence-corrected chi connectivity index (χ3v) is 1.34. The van der Waals surface area contributed by atoms with E-state index in [0.29, 0.717) is 0 Å². The van der Waals surface area contributed by atoms with Crippen molar-refractivity contribution in [3.63, 3.8) is 0 Å². The molecule has 84 valence electrons. The number of rotatable bonds is 5. The van der Waals surface area contributed by atoms with Crippen LogP contribution in [0.25, 0.3) is 0 Å². The van der Waals surface area contributed by atoms with Gasteiger partial charge in [-0.2, -0.15) is 0 Å². The summed E-state index contributed by atoms with van der Waals surface area (Å²) < 4.78 is 9.05. The van der Waals surface area contributed by atoms with Crippen LogP contribution in [0.3, 0.4) is 0 Å². The van der Waals surface area contributed by atoms with E-state index in [0.717, 1.165) is 12.2 Å². The maximum Gasteiger partial charge on any atom is 0.331 e. The molecule has 0 unspecified atom stereocenters. The van der Waals surface area contributed by atoms with Crippen LogP contribution >= 0.6 is 0 Å². The van der Waals surface area contributed by atoms with E-state index in [1.165, 1.54) is 6.92 Å². The van der Waals surface area contributed by atoms with Crippen LogP contribution in [0.2, 0.25) is 0 Å². The van der Waals surface area contributed by atoms with Crippen molar-refractivity contribution < 1.29 is 23.9 Å². The lowest BCUT2D eigenvalue weighted by Gasteiger charge is -2.06. The second-order valence-electron chi connectivity index (χ2n) is 2.57. The van der Waals surface area contributed by atoms with Gasteiger partial charge in [0.15, 0.2) is 6.10 Å². The average molecular weight is 215 g/mol. The monoisotopic (exact) mass is 215 g/mol. The van der Waals surface area contributed by atoms with Crippen molar-refractivity contribution in [3.05, 3.63) is 12.2 Å². The summed E-state index contributed by atoms with van der Waals surface area (Å²) in [6.07, 6.45) is 0.765. The SMILES string of the molecule is CCOC(=O)/C=C/C(=O)O[C@H](C)C(N)=O. The van der Waals surface area contributed by atoms with Crippen LogP contribution in [0.1, 0.15) is 13.8 Å². The van der Waals surface area contributed by atoms with Gasteiger partial charge in [-0.15, -0.1) is 0 Å². The summed E-state index contributed by atoms with van der Waals surface area (Å²) >= 11 is 0. The third kappa shape index (κ3) is 6.25. The molecule has 0 rings (SSSR count). The molecular weight excluding hydrogens is 202 g/mol. The van der Waals surface area contributed by atoms with Gasteiger partial charge in [-0.05, 0) is 13.8 Å². The van der Waals surface area contributed by atoms with Crippen molar-refractivity contribution in [2.24, 2.45) is 5.73 Å². The molecule has 2 N–H and O–H groups in total. The molecule has 0 saturated heterocycles. The van der Waals surface area contributed by atoms with E-state index >= 15 is 0 Å². The fourth-order valence-corrected chi connectivity index (χ4v) is 0.598. The van der Waals surface area contributed by atoms with Crippen LogP contribution in [0.5, 0.6) is 0 Å². The van der Waals surface area contributed by atoms with Gasteiger partial charge in [0.25, 0.3) is 5.91 Å². The van der Waals surface area contributed by atoms with Crippen molar-refractivity contribution in [2.75, 3.05) is 6.61 Å². The molecular formula is C9H13NO5. The maximum atomic E-state index is 10.9. The second-order valence-corrected chi connectivity index (χ2v) is 2.57. The number of carbonyl (C=O) groups excluding carboxylic acids is 3. The molecule has 0 radical (unpaired) electrons. The van der Waals surface area contributed by atoms with Crippen LogP contribution in [-0.4, -0.2) is 30.6 Å². The molecule has 0 aromatic heterocycles.